The monoisotopic (exact) mass is 243 g/mol. The second kappa shape index (κ2) is 9.46. The Balaban J connectivity index is 3.72. The van der Waals surface area contributed by atoms with E-state index in [1.165, 1.54) is 0 Å². The van der Waals surface area contributed by atoms with Gasteiger partial charge in [-0.3, -0.25) is 4.79 Å². The molecule has 0 aliphatic carbocycles. The molecule has 17 heavy (non-hydrogen) atoms. The lowest BCUT2D eigenvalue weighted by Crippen LogP contribution is -2.17. The number of nitrogens with two attached hydrogens (primary N) is 1. The Bertz CT molecular complexity index is 202. The number of hydrogen-bond acceptors (Lipinski definition) is 3. The second-order valence-electron chi connectivity index (χ2n) is 5.52. The lowest BCUT2D eigenvalue weighted by Gasteiger charge is -2.19. The molecule has 102 valence electrons. The van der Waals surface area contributed by atoms with Gasteiger partial charge in [-0.05, 0) is 43.6 Å². The molecule has 0 aromatic carbocycles. The van der Waals surface area contributed by atoms with E-state index in [2.05, 4.69) is 27.7 Å². The Morgan fingerprint density at radius 3 is 2.24 bits per heavy atom. The van der Waals surface area contributed by atoms with Gasteiger partial charge in [-0.2, -0.15) is 0 Å². The highest BCUT2D eigenvalue weighted by Crippen LogP contribution is 2.20. The van der Waals surface area contributed by atoms with Crippen LogP contribution in [0.3, 0.4) is 0 Å². The fourth-order valence-corrected chi connectivity index (χ4v) is 1.81. The van der Waals surface area contributed by atoms with Crippen molar-refractivity contribution in [2.24, 2.45) is 23.5 Å². The molecule has 3 nitrogen and oxygen atoms in total. The lowest BCUT2D eigenvalue weighted by atomic mass is 9.88. The zero-order valence-electron chi connectivity index (χ0n) is 11.9. The van der Waals surface area contributed by atoms with Gasteiger partial charge in [-0.25, -0.2) is 0 Å². The highest BCUT2D eigenvalue weighted by molar-refractivity contribution is 5.69. The number of carbonyl (C=O) groups is 1. The van der Waals surface area contributed by atoms with Gasteiger partial charge in [-0.1, -0.05) is 27.7 Å². The predicted octanol–water partition coefficient (Wildman–Crippen LogP) is 2.98. The summed E-state index contributed by atoms with van der Waals surface area (Å²) in [6.45, 7) is 9.88. The zero-order valence-corrected chi connectivity index (χ0v) is 11.9. The summed E-state index contributed by atoms with van der Waals surface area (Å²) in [6.07, 6.45) is 3.37. The van der Waals surface area contributed by atoms with E-state index in [-0.39, 0.29) is 5.97 Å². The number of hydrogen-bond donors (Lipinski definition) is 1. The first-order valence-corrected chi connectivity index (χ1v) is 6.83. The summed E-state index contributed by atoms with van der Waals surface area (Å²) in [4.78, 5) is 11.5. The average molecular weight is 243 g/mol. The molecule has 2 N–H and O–H groups in total. The van der Waals surface area contributed by atoms with E-state index in [9.17, 15) is 4.79 Å². The molecule has 0 fully saturated rings. The second-order valence-corrected chi connectivity index (χ2v) is 5.52. The number of esters is 1. The predicted molar refractivity (Wildman–Crippen MR) is 71.6 cm³/mol. The van der Waals surface area contributed by atoms with Gasteiger partial charge in [0.1, 0.15) is 0 Å². The molecular weight excluding hydrogens is 214 g/mol. The van der Waals surface area contributed by atoms with Gasteiger partial charge in [0, 0.05) is 6.42 Å². The Hall–Kier alpha value is -0.570. The molecule has 0 aliphatic heterocycles. The minimum Gasteiger partial charge on any atom is -0.466 e. The van der Waals surface area contributed by atoms with Crippen LogP contribution >= 0.6 is 0 Å². The molecule has 0 rings (SSSR count). The molecule has 3 heteroatoms. The minimum atomic E-state index is -0.0617. The van der Waals surface area contributed by atoms with Crippen LogP contribution in [-0.2, 0) is 9.53 Å². The van der Waals surface area contributed by atoms with Crippen LogP contribution in [0.5, 0.6) is 0 Å². The van der Waals surface area contributed by atoms with Crippen molar-refractivity contribution in [1.29, 1.82) is 0 Å². The van der Waals surface area contributed by atoms with Crippen LogP contribution in [0.4, 0.5) is 0 Å². The number of rotatable bonds is 9. The average Bonchev–Trinajstić information content (AvgIpc) is 2.23. The van der Waals surface area contributed by atoms with Crippen LogP contribution < -0.4 is 5.73 Å². The molecule has 0 aliphatic rings. The first-order valence-electron chi connectivity index (χ1n) is 6.83. The molecule has 0 aromatic heterocycles. The molecule has 0 saturated heterocycles. The smallest absolute Gasteiger partial charge is 0.305 e. The normalized spacial score (nSPS) is 13.1. The van der Waals surface area contributed by atoms with E-state index in [1.54, 1.807) is 0 Å². The Kier molecular flexibility index (Phi) is 9.14. The van der Waals surface area contributed by atoms with E-state index in [1.807, 2.05) is 0 Å². The van der Waals surface area contributed by atoms with Crippen LogP contribution in [-0.4, -0.2) is 19.1 Å². The van der Waals surface area contributed by atoms with Crippen molar-refractivity contribution in [3.05, 3.63) is 0 Å². The van der Waals surface area contributed by atoms with Crippen molar-refractivity contribution in [3.8, 4) is 0 Å². The molecule has 0 heterocycles. The van der Waals surface area contributed by atoms with Crippen LogP contribution in [0.15, 0.2) is 0 Å². The minimum absolute atomic E-state index is 0.0617. The van der Waals surface area contributed by atoms with Gasteiger partial charge in [0.15, 0.2) is 0 Å². The molecule has 0 aromatic rings. The van der Waals surface area contributed by atoms with Crippen molar-refractivity contribution < 1.29 is 9.53 Å². The molecule has 1 unspecified atom stereocenters. The summed E-state index contributed by atoms with van der Waals surface area (Å²) in [5.41, 5.74) is 5.57. The fourth-order valence-electron chi connectivity index (χ4n) is 1.81. The third-order valence-corrected chi connectivity index (χ3v) is 3.16. The van der Waals surface area contributed by atoms with Crippen molar-refractivity contribution in [2.45, 2.75) is 53.4 Å². The maximum absolute atomic E-state index is 11.5. The van der Waals surface area contributed by atoms with Crippen LogP contribution in [0, 0.1) is 17.8 Å². The van der Waals surface area contributed by atoms with Gasteiger partial charge in [0.05, 0.1) is 6.61 Å². The summed E-state index contributed by atoms with van der Waals surface area (Å²) < 4.78 is 5.19. The number of ether oxygens (including phenoxy) is 1. The van der Waals surface area contributed by atoms with E-state index in [4.69, 9.17) is 10.5 Å². The maximum atomic E-state index is 11.5. The Morgan fingerprint density at radius 2 is 1.76 bits per heavy atom. The third-order valence-electron chi connectivity index (χ3n) is 3.16. The molecule has 0 bridgehead atoms. The molecule has 0 saturated carbocycles. The number of carbonyl (C=O) groups excluding carboxylic acids is 1. The molecule has 1 atom stereocenters. The quantitative estimate of drug-likeness (QED) is 0.633. The zero-order chi connectivity index (χ0) is 13.3. The van der Waals surface area contributed by atoms with Gasteiger partial charge in [-0.15, -0.1) is 0 Å². The van der Waals surface area contributed by atoms with Gasteiger partial charge < -0.3 is 10.5 Å². The van der Waals surface area contributed by atoms with Crippen LogP contribution in [0.2, 0.25) is 0 Å². The molecule has 0 radical (unpaired) electrons. The van der Waals surface area contributed by atoms with Crippen molar-refractivity contribution >= 4 is 5.97 Å². The maximum Gasteiger partial charge on any atom is 0.305 e. The summed E-state index contributed by atoms with van der Waals surface area (Å²) in [5, 5.41) is 0. The van der Waals surface area contributed by atoms with E-state index < -0.39 is 0 Å². The van der Waals surface area contributed by atoms with Gasteiger partial charge in [0.25, 0.3) is 0 Å². The summed E-state index contributed by atoms with van der Waals surface area (Å²) in [6, 6.07) is 0. The largest absolute Gasteiger partial charge is 0.466 e. The summed E-state index contributed by atoms with van der Waals surface area (Å²) >= 11 is 0. The first kappa shape index (κ1) is 16.4. The summed E-state index contributed by atoms with van der Waals surface area (Å²) in [5.74, 6) is 1.65. The summed E-state index contributed by atoms with van der Waals surface area (Å²) in [7, 11) is 0. The topological polar surface area (TPSA) is 52.3 Å². The Morgan fingerprint density at radius 1 is 1.12 bits per heavy atom. The van der Waals surface area contributed by atoms with Crippen molar-refractivity contribution in [2.75, 3.05) is 13.2 Å². The molecular formula is C14H29NO2. The highest BCUT2D eigenvalue weighted by atomic mass is 16.5. The molecule has 0 spiro atoms. The van der Waals surface area contributed by atoms with Gasteiger partial charge >= 0.3 is 5.97 Å². The highest BCUT2D eigenvalue weighted by Gasteiger charge is 2.14. The van der Waals surface area contributed by atoms with E-state index >= 15 is 0 Å². The Labute approximate surface area is 106 Å². The molecule has 0 amide bonds. The first-order chi connectivity index (χ1) is 7.97. The SMILES string of the molecule is CC(C)CCOC(=O)CCC(CCN)C(C)C. The van der Waals surface area contributed by atoms with Gasteiger partial charge in [0.2, 0.25) is 0 Å². The fraction of sp³-hybridized carbons (Fsp3) is 0.929. The van der Waals surface area contributed by atoms with Crippen LogP contribution in [0.25, 0.3) is 0 Å². The van der Waals surface area contributed by atoms with Crippen LogP contribution in [0.1, 0.15) is 53.4 Å². The van der Waals surface area contributed by atoms with E-state index in [0.29, 0.717) is 37.3 Å². The van der Waals surface area contributed by atoms with E-state index in [0.717, 1.165) is 19.3 Å². The van der Waals surface area contributed by atoms with Crippen molar-refractivity contribution in [3.63, 3.8) is 0 Å². The van der Waals surface area contributed by atoms with Crippen molar-refractivity contribution in [1.82, 2.24) is 0 Å². The standard InChI is InChI=1S/C14H29NO2/c1-11(2)8-10-17-14(16)6-5-13(7-9-15)12(3)4/h11-13H,5-10,15H2,1-4H3. The third kappa shape index (κ3) is 9.16. The lowest BCUT2D eigenvalue weighted by molar-refractivity contribution is -0.144.